The first-order chi connectivity index (χ1) is 18.0. The number of piperidine rings is 1. The van der Waals surface area contributed by atoms with Gasteiger partial charge in [0.05, 0.1) is 5.52 Å². The van der Waals surface area contributed by atoms with Gasteiger partial charge in [-0.2, -0.15) is 5.10 Å². The molecule has 2 aromatic carbocycles. The summed E-state index contributed by atoms with van der Waals surface area (Å²) in [5.41, 5.74) is 5.46. The maximum absolute atomic E-state index is 13.0. The van der Waals surface area contributed by atoms with Crippen molar-refractivity contribution in [1.82, 2.24) is 19.5 Å². The van der Waals surface area contributed by atoms with E-state index in [1.807, 2.05) is 53.6 Å². The minimum absolute atomic E-state index is 0.0248. The lowest BCUT2D eigenvalue weighted by Gasteiger charge is -2.31. The SMILES string of the molecule is Cc1nc2c3ccccc3nn2c(C)c1CCC(=O)N1CCC(C(=O)Nc2ccc3c(c2)OCO3)CC1. The summed E-state index contributed by atoms with van der Waals surface area (Å²) in [6, 6.07) is 13.4. The highest BCUT2D eigenvalue weighted by Crippen LogP contribution is 2.34. The molecule has 0 bridgehead atoms. The average molecular weight is 500 g/mol. The number of benzene rings is 2. The van der Waals surface area contributed by atoms with Crippen molar-refractivity contribution in [2.24, 2.45) is 5.92 Å². The Hall–Kier alpha value is -4.14. The lowest BCUT2D eigenvalue weighted by molar-refractivity contribution is -0.134. The van der Waals surface area contributed by atoms with E-state index >= 15 is 0 Å². The van der Waals surface area contributed by atoms with Gasteiger partial charge < -0.3 is 19.7 Å². The molecule has 1 fully saturated rings. The average Bonchev–Trinajstić information content (AvgIpc) is 3.53. The predicted octanol–water partition coefficient (Wildman–Crippen LogP) is 4.04. The highest BCUT2D eigenvalue weighted by molar-refractivity contribution is 5.93. The van der Waals surface area contributed by atoms with E-state index in [0.717, 1.165) is 33.5 Å². The Bertz CT molecular complexity index is 1520. The Morgan fingerprint density at radius 1 is 1.05 bits per heavy atom. The second-order valence-electron chi connectivity index (χ2n) is 9.73. The monoisotopic (exact) mass is 499 g/mol. The first-order valence-corrected chi connectivity index (χ1v) is 12.7. The number of amides is 2. The molecule has 2 aromatic heterocycles. The number of ether oxygens (including phenoxy) is 2. The summed E-state index contributed by atoms with van der Waals surface area (Å²) >= 11 is 0. The third kappa shape index (κ3) is 4.34. The number of anilines is 1. The molecule has 0 atom stereocenters. The largest absolute Gasteiger partial charge is 0.454 e. The van der Waals surface area contributed by atoms with Gasteiger partial charge in [0.15, 0.2) is 17.1 Å². The van der Waals surface area contributed by atoms with Crippen LogP contribution in [0.5, 0.6) is 11.5 Å². The molecular weight excluding hydrogens is 470 g/mol. The van der Waals surface area contributed by atoms with Crippen LogP contribution in [-0.2, 0) is 16.0 Å². The van der Waals surface area contributed by atoms with Gasteiger partial charge in [0, 0.05) is 54.0 Å². The van der Waals surface area contributed by atoms with Gasteiger partial charge in [-0.25, -0.2) is 9.50 Å². The van der Waals surface area contributed by atoms with Gasteiger partial charge in [0.1, 0.15) is 0 Å². The van der Waals surface area contributed by atoms with E-state index in [4.69, 9.17) is 19.6 Å². The number of fused-ring (bicyclic) bond motifs is 4. The van der Waals surface area contributed by atoms with Gasteiger partial charge in [-0.3, -0.25) is 9.59 Å². The quantitative estimate of drug-likeness (QED) is 0.445. The number of aromatic nitrogens is 3. The van der Waals surface area contributed by atoms with Crippen molar-refractivity contribution in [3.63, 3.8) is 0 Å². The zero-order chi connectivity index (χ0) is 25.5. The second-order valence-corrected chi connectivity index (χ2v) is 9.73. The third-order valence-corrected chi connectivity index (χ3v) is 7.47. The number of likely N-dealkylation sites (tertiary alicyclic amines) is 1. The van der Waals surface area contributed by atoms with Crippen LogP contribution in [0.1, 0.15) is 36.2 Å². The topological polar surface area (TPSA) is 98.1 Å². The fourth-order valence-corrected chi connectivity index (χ4v) is 5.34. The summed E-state index contributed by atoms with van der Waals surface area (Å²) in [4.78, 5) is 32.5. The Balaban J connectivity index is 1.06. The number of rotatable bonds is 5. The molecule has 190 valence electrons. The maximum atomic E-state index is 13.0. The number of hydrogen-bond acceptors (Lipinski definition) is 6. The van der Waals surface area contributed by atoms with Crippen molar-refractivity contribution in [2.75, 3.05) is 25.2 Å². The summed E-state index contributed by atoms with van der Waals surface area (Å²) in [6.07, 6.45) is 2.31. The molecular formula is C28H29N5O4. The second kappa shape index (κ2) is 9.38. The molecule has 4 aromatic rings. The Morgan fingerprint density at radius 2 is 1.84 bits per heavy atom. The van der Waals surface area contributed by atoms with Crippen LogP contribution in [0.4, 0.5) is 5.69 Å². The van der Waals surface area contributed by atoms with Gasteiger partial charge in [-0.05, 0) is 62.9 Å². The molecule has 1 N–H and O–H groups in total. The first-order valence-electron chi connectivity index (χ1n) is 12.7. The van der Waals surface area contributed by atoms with Crippen LogP contribution >= 0.6 is 0 Å². The summed E-state index contributed by atoms with van der Waals surface area (Å²) in [5, 5.41) is 8.72. The molecule has 37 heavy (non-hydrogen) atoms. The van der Waals surface area contributed by atoms with Gasteiger partial charge >= 0.3 is 0 Å². The molecule has 2 aliphatic rings. The van der Waals surface area contributed by atoms with Crippen molar-refractivity contribution in [2.45, 2.75) is 39.5 Å². The van der Waals surface area contributed by atoms with E-state index in [0.29, 0.717) is 56.0 Å². The molecule has 2 aliphatic heterocycles. The molecule has 9 heteroatoms. The van der Waals surface area contributed by atoms with Crippen molar-refractivity contribution in [1.29, 1.82) is 0 Å². The van der Waals surface area contributed by atoms with Gasteiger partial charge in [0.25, 0.3) is 0 Å². The highest BCUT2D eigenvalue weighted by atomic mass is 16.7. The normalized spacial score (nSPS) is 15.5. The van der Waals surface area contributed by atoms with E-state index < -0.39 is 0 Å². The van der Waals surface area contributed by atoms with Crippen LogP contribution < -0.4 is 14.8 Å². The summed E-state index contributed by atoms with van der Waals surface area (Å²) < 4.78 is 12.6. The summed E-state index contributed by atoms with van der Waals surface area (Å²) in [6.45, 7) is 5.40. The fraction of sp³-hybridized carbons (Fsp3) is 0.357. The summed E-state index contributed by atoms with van der Waals surface area (Å²) in [5.74, 6) is 1.28. The predicted molar refractivity (Wildman–Crippen MR) is 139 cm³/mol. The van der Waals surface area contributed by atoms with E-state index in [1.54, 1.807) is 12.1 Å². The number of aryl methyl sites for hydroxylation is 2. The number of nitrogens with zero attached hydrogens (tertiary/aromatic N) is 4. The first kappa shape index (κ1) is 23.3. The zero-order valence-electron chi connectivity index (χ0n) is 21.0. The van der Waals surface area contributed by atoms with E-state index in [9.17, 15) is 9.59 Å². The number of carbonyl (C=O) groups is 2. The van der Waals surface area contributed by atoms with Crippen molar-refractivity contribution in [3.05, 3.63) is 59.4 Å². The van der Waals surface area contributed by atoms with Crippen molar-refractivity contribution in [3.8, 4) is 11.5 Å². The molecule has 2 amide bonds. The number of hydrogen-bond donors (Lipinski definition) is 1. The van der Waals surface area contributed by atoms with Crippen LogP contribution in [0.25, 0.3) is 16.6 Å². The minimum atomic E-state index is -0.125. The number of carbonyl (C=O) groups excluding carboxylic acids is 2. The Labute approximate surface area is 214 Å². The fourth-order valence-electron chi connectivity index (χ4n) is 5.34. The molecule has 0 saturated carbocycles. The van der Waals surface area contributed by atoms with E-state index in [2.05, 4.69) is 5.32 Å². The number of nitrogens with one attached hydrogen (secondary N) is 1. The molecule has 1 saturated heterocycles. The van der Waals surface area contributed by atoms with Gasteiger partial charge in [-0.15, -0.1) is 0 Å². The lowest BCUT2D eigenvalue weighted by atomic mass is 9.95. The summed E-state index contributed by atoms with van der Waals surface area (Å²) in [7, 11) is 0. The van der Waals surface area contributed by atoms with E-state index in [-0.39, 0.29) is 24.5 Å². The van der Waals surface area contributed by atoms with E-state index in [1.165, 1.54) is 0 Å². The molecule has 0 unspecified atom stereocenters. The smallest absolute Gasteiger partial charge is 0.231 e. The molecule has 0 aliphatic carbocycles. The van der Waals surface area contributed by atoms with Gasteiger partial charge in [0.2, 0.25) is 18.6 Å². The standard InChI is InChI=1S/C28H29N5O4/c1-17-21(18(2)33-27(29-17)22-5-3-4-6-23(22)31-33)8-10-26(34)32-13-11-19(12-14-32)28(35)30-20-7-9-24-25(15-20)37-16-36-24/h3-7,9,15,19H,8,10-14,16H2,1-2H3,(H,30,35). The van der Waals surface area contributed by atoms with Crippen LogP contribution in [-0.4, -0.2) is 51.2 Å². The zero-order valence-corrected chi connectivity index (χ0v) is 21.0. The molecule has 0 radical (unpaired) electrons. The third-order valence-electron chi connectivity index (χ3n) is 7.47. The minimum Gasteiger partial charge on any atom is -0.454 e. The lowest BCUT2D eigenvalue weighted by Crippen LogP contribution is -2.41. The van der Waals surface area contributed by atoms with Crippen LogP contribution in [0.3, 0.4) is 0 Å². The van der Waals surface area contributed by atoms with Crippen LogP contribution in [0.2, 0.25) is 0 Å². The highest BCUT2D eigenvalue weighted by Gasteiger charge is 2.28. The Morgan fingerprint density at radius 3 is 2.68 bits per heavy atom. The van der Waals surface area contributed by atoms with Crippen LogP contribution in [0, 0.1) is 19.8 Å². The van der Waals surface area contributed by atoms with Crippen LogP contribution in [0.15, 0.2) is 42.5 Å². The Kier molecular flexibility index (Phi) is 5.90. The van der Waals surface area contributed by atoms with Gasteiger partial charge in [-0.1, -0.05) is 12.1 Å². The molecule has 9 nitrogen and oxygen atoms in total. The van der Waals surface area contributed by atoms with Crippen molar-refractivity contribution < 1.29 is 19.1 Å². The molecule has 4 heterocycles. The van der Waals surface area contributed by atoms with Crippen molar-refractivity contribution >= 4 is 34.1 Å². The molecule has 6 rings (SSSR count). The maximum Gasteiger partial charge on any atom is 0.231 e. The molecule has 0 spiro atoms.